The lowest BCUT2D eigenvalue weighted by Gasteiger charge is -2.35. The molecule has 200 valence electrons. The number of amides is 4. The highest BCUT2D eigenvalue weighted by molar-refractivity contribution is 5.93. The Morgan fingerprint density at radius 1 is 1.22 bits per heavy atom. The van der Waals surface area contributed by atoms with Crippen molar-refractivity contribution in [2.75, 3.05) is 6.54 Å². The van der Waals surface area contributed by atoms with Gasteiger partial charge in [-0.2, -0.15) is 0 Å². The molecule has 0 radical (unpaired) electrons. The monoisotopic (exact) mass is 502 g/mol. The van der Waals surface area contributed by atoms with E-state index in [-0.39, 0.29) is 30.7 Å². The Labute approximate surface area is 214 Å². The van der Waals surface area contributed by atoms with Crippen molar-refractivity contribution in [2.45, 2.75) is 97.4 Å². The normalized spacial score (nSPS) is 18.5. The molecule has 4 amide bonds. The van der Waals surface area contributed by atoms with Gasteiger partial charge < -0.3 is 26.0 Å². The Balaban J connectivity index is 2.45. The first-order valence-corrected chi connectivity index (χ1v) is 12.8. The average molecular weight is 503 g/mol. The fourth-order valence-corrected chi connectivity index (χ4v) is 4.11. The highest BCUT2D eigenvalue weighted by Crippen LogP contribution is 2.41. The summed E-state index contributed by atoms with van der Waals surface area (Å²) >= 11 is 0. The highest BCUT2D eigenvalue weighted by atomic mass is 16.6. The summed E-state index contributed by atoms with van der Waals surface area (Å²) in [6.45, 7) is 11.7. The third kappa shape index (κ3) is 8.84. The van der Waals surface area contributed by atoms with E-state index in [1.165, 1.54) is 0 Å². The SMILES string of the molecule is CCCCNC(=O)C(c1cccc(C)c1)N(C(=O)C(CCC(N)=O)NC(=O)OC(C)(C)C)C1CC1C. The molecule has 1 aliphatic carbocycles. The molecular formula is C27H42N4O5. The lowest BCUT2D eigenvalue weighted by atomic mass is 9.99. The molecule has 4 N–H and O–H groups in total. The molecule has 0 heterocycles. The van der Waals surface area contributed by atoms with Crippen LogP contribution in [0.4, 0.5) is 4.79 Å². The summed E-state index contributed by atoms with van der Waals surface area (Å²) in [6.07, 6.45) is 1.62. The zero-order valence-corrected chi connectivity index (χ0v) is 22.4. The fourth-order valence-electron chi connectivity index (χ4n) is 4.11. The van der Waals surface area contributed by atoms with Crippen molar-refractivity contribution in [2.24, 2.45) is 11.7 Å². The Bertz CT molecular complexity index is 942. The number of hydrogen-bond acceptors (Lipinski definition) is 5. The van der Waals surface area contributed by atoms with Gasteiger partial charge in [0.25, 0.3) is 0 Å². The smallest absolute Gasteiger partial charge is 0.408 e. The van der Waals surface area contributed by atoms with Crippen molar-refractivity contribution in [3.05, 3.63) is 35.4 Å². The van der Waals surface area contributed by atoms with Gasteiger partial charge in [0.05, 0.1) is 0 Å². The minimum Gasteiger partial charge on any atom is -0.444 e. The van der Waals surface area contributed by atoms with Gasteiger partial charge >= 0.3 is 6.09 Å². The third-order valence-corrected chi connectivity index (χ3v) is 6.06. The average Bonchev–Trinajstić information content (AvgIpc) is 3.48. The number of nitrogens with two attached hydrogens (primary N) is 1. The van der Waals surface area contributed by atoms with E-state index in [1.807, 2.05) is 45.0 Å². The summed E-state index contributed by atoms with van der Waals surface area (Å²) in [7, 11) is 0. The van der Waals surface area contributed by atoms with E-state index >= 15 is 0 Å². The van der Waals surface area contributed by atoms with Crippen molar-refractivity contribution in [3.8, 4) is 0 Å². The van der Waals surface area contributed by atoms with Gasteiger partial charge in [-0.3, -0.25) is 14.4 Å². The van der Waals surface area contributed by atoms with E-state index in [1.54, 1.807) is 25.7 Å². The Kier molecular flexibility index (Phi) is 10.3. The largest absolute Gasteiger partial charge is 0.444 e. The van der Waals surface area contributed by atoms with Gasteiger partial charge in [-0.05, 0) is 58.4 Å². The number of carbonyl (C=O) groups excluding carboxylic acids is 4. The molecule has 0 aliphatic heterocycles. The lowest BCUT2D eigenvalue weighted by Crippen LogP contribution is -2.54. The van der Waals surface area contributed by atoms with Crippen LogP contribution in [0.2, 0.25) is 0 Å². The molecule has 1 aromatic carbocycles. The molecule has 9 nitrogen and oxygen atoms in total. The van der Waals surface area contributed by atoms with Gasteiger partial charge in [-0.15, -0.1) is 0 Å². The summed E-state index contributed by atoms with van der Waals surface area (Å²) in [5.41, 5.74) is 6.25. The minimum absolute atomic E-state index is 0.00298. The topological polar surface area (TPSA) is 131 Å². The number of ether oxygens (including phenoxy) is 1. The molecule has 9 heteroatoms. The molecule has 1 saturated carbocycles. The highest BCUT2D eigenvalue weighted by Gasteiger charge is 2.48. The molecule has 0 saturated heterocycles. The standard InChI is InChI=1S/C27H42N4O5/c1-7-8-14-29-24(33)23(19-11-9-10-17(2)15-19)31(21-16-18(21)3)25(34)20(12-13-22(28)32)30-26(35)36-27(4,5)6/h9-11,15,18,20-21,23H,7-8,12-14,16H2,1-6H3,(H2,28,32)(H,29,33)(H,30,35). The second-order valence-corrected chi connectivity index (χ2v) is 10.7. The fraction of sp³-hybridized carbons (Fsp3) is 0.630. The summed E-state index contributed by atoms with van der Waals surface area (Å²) < 4.78 is 5.36. The predicted molar refractivity (Wildman–Crippen MR) is 138 cm³/mol. The first-order chi connectivity index (χ1) is 16.8. The van der Waals surface area contributed by atoms with Crippen LogP contribution < -0.4 is 16.4 Å². The maximum Gasteiger partial charge on any atom is 0.408 e. The van der Waals surface area contributed by atoms with E-state index in [0.29, 0.717) is 12.1 Å². The molecule has 0 spiro atoms. The molecular weight excluding hydrogens is 460 g/mol. The molecule has 4 atom stereocenters. The summed E-state index contributed by atoms with van der Waals surface area (Å²) in [4.78, 5) is 53.3. The Morgan fingerprint density at radius 3 is 2.42 bits per heavy atom. The van der Waals surface area contributed by atoms with E-state index in [2.05, 4.69) is 10.6 Å². The van der Waals surface area contributed by atoms with Crippen LogP contribution in [0.25, 0.3) is 0 Å². The summed E-state index contributed by atoms with van der Waals surface area (Å²) in [5, 5.41) is 5.60. The second-order valence-electron chi connectivity index (χ2n) is 10.7. The summed E-state index contributed by atoms with van der Waals surface area (Å²) in [6, 6.07) is 5.41. The third-order valence-electron chi connectivity index (χ3n) is 6.06. The molecule has 1 fully saturated rings. The van der Waals surface area contributed by atoms with Crippen molar-refractivity contribution >= 4 is 23.8 Å². The van der Waals surface area contributed by atoms with Crippen LogP contribution in [0.5, 0.6) is 0 Å². The summed E-state index contributed by atoms with van der Waals surface area (Å²) in [5.74, 6) is -1.10. The Hall–Kier alpha value is -3.10. The van der Waals surface area contributed by atoms with Gasteiger partial charge in [-0.25, -0.2) is 4.79 Å². The molecule has 2 rings (SSSR count). The second kappa shape index (κ2) is 12.7. The number of nitrogens with one attached hydrogen (secondary N) is 2. The van der Waals surface area contributed by atoms with Crippen LogP contribution in [0.1, 0.15) is 83.9 Å². The number of aryl methyl sites for hydroxylation is 1. The van der Waals surface area contributed by atoms with E-state index in [9.17, 15) is 19.2 Å². The van der Waals surface area contributed by atoms with Gasteiger partial charge in [0.15, 0.2) is 0 Å². The molecule has 4 unspecified atom stereocenters. The van der Waals surface area contributed by atoms with Crippen LogP contribution in [0.3, 0.4) is 0 Å². The number of carbonyl (C=O) groups is 4. The van der Waals surface area contributed by atoms with Crippen LogP contribution in [0, 0.1) is 12.8 Å². The molecule has 0 aromatic heterocycles. The van der Waals surface area contributed by atoms with Gasteiger partial charge in [0.2, 0.25) is 17.7 Å². The van der Waals surface area contributed by atoms with Crippen LogP contribution in [0.15, 0.2) is 24.3 Å². The minimum atomic E-state index is -1.07. The van der Waals surface area contributed by atoms with Crippen LogP contribution in [-0.4, -0.2) is 52.9 Å². The maximum atomic E-state index is 14.0. The number of primary amides is 1. The number of benzene rings is 1. The lowest BCUT2D eigenvalue weighted by molar-refractivity contribution is -0.143. The molecule has 36 heavy (non-hydrogen) atoms. The predicted octanol–water partition coefficient (Wildman–Crippen LogP) is 3.35. The molecule has 1 aliphatic rings. The van der Waals surface area contributed by atoms with Gasteiger partial charge in [0.1, 0.15) is 17.7 Å². The number of alkyl carbamates (subject to hydrolysis) is 1. The van der Waals surface area contributed by atoms with Crippen LogP contribution in [-0.2, 0) is 19.1 Å². The Morgan fingerprint density at radius 2 is 1.89 bits per heavy atom. The number of unbranched alkanes of at least 4 members (excludes halogenated alkanes) is 1. The molecule has 0 bridgehead atoms. The van der Waals surface area contributed by atoms with Crippen molar-refractivity contribution in [1.29, 1.82) is 0 Å². The quantitative estimate of drug-likeness (QED) is 0.377. The number of nitrogens with zero attached hydrogens (tertiary/aromatic N) is 1. The molecule has 1 aromatic rings. The van der Waals surface area contributed by atoms with Crippen molar-refractivity contribution in [3.63, 3.8) is 0 Å². The van der Waals surface area contributed by atoms with E-state index in [0.717, 1.165) is 24.8 Å². The maximum absolute atomic E-state index is 14.0. The van der Waals surface area contributed by atoms with E-state index in [4.69, 9.17) is 10.5 Å². The van der Waals surface area contributed by atoms with Crippen LogP contribution >= 0.6 is 0 Å². The zero-order chi connectivity index (χ0) is 27.0. The first-order valence-electron chi connectivity index (χ1n) is 12.8. The number of rotatable bonds is 12. The van der Waals surface area contributed by atoms with E-state index < -0.39 is 35.6 Å². The first kappa shape index (κ1) is 29.1. The van der Waals surface area contributed by atoms with Crippen molar-refractivity contribution < 1.29 is 23.9 Å². The van der Waals surface area contributed by atoms with Gasteiger partial charge in [-0.1, -0.05) is 50.1 Å². The zero-order valence-electron chi connectivity index (χ0n) is 22.4. The number of hydrogen-bond donors (Lipinski definition) is 3. The van der Waals surface area contributed by atoms with Gasteiger partial charge in [0, 0.05) is 19.0 Å². The van der Waals surface area contributed by atoms with Crippen molar-refractivity contribution in [1.82, 2.24) is 15.5 Å².